The van der Waals surface area contributed by atoms with E-state index in [-0.39, 0.29) is 6.15 Å². The molecule has 5 N–H and O–H groups in total. The van der Waals surface area contributed by atoms with Crippen LogP contribution in [0.3, 0.4) is 0 Å². The van der Waals surface area contributed by atoms with Gasteiger partial charge in [-0.1, -0.05) is 6.92 Å². The van der Waals surface area contributed by atoms with E-state index < -0.39 is 0 Å². The lowest BCUT2D eigenvalue weighted by Crippen LogP contribution is -1.87. The Bertz CT molecular complexity index is 444. The number of nitrogens with zero attached hydrogens (tertiary/aromatic N) is 4. The predicted octanol–water partition coefficient (Wildman–Crippen LogP) is 0.801. The molecule has 0 bridgehead atoms. The Morgan fingerprint density at radius 2 is 2.20 bits per heavy atom. The Hall–Kier alpha value is -1.76. The summed E-state index contributed by atoms with van der Waals surface area (Å²) in [6.07, 6.45) is 2.23. The summed E-state index contributed by atoms with van der Waals surface area (Å²) >= 11 is 0. The van der Waals surface area contributed by atoms with Crippen LogP contribution in [0.4, 0.5) is 0 Å². The van der Waals surface area contributed by atoms with Gasteiger partial charge >= 0.3 is 0 Å². The van der Waals surface area contributed by atoms with E-state index in [1.165, 1.54) is 17.7 Å². The lowest BCUT2D eigenvalue weighted by Gasteiger charge is -1.96. The fourth-order valence-corrected chi connectivity index (χ4v) is 1.99. The molecule has 2 aromatic rings. The maximum absolute atomic E-state index is 4.22. The maximum Gasteiger partial charge on any atom is 0.225 e. The van der Waals surface area contributed by atoms with Gasteiger partial charge in [-0.25, -0.2) is 0 Å². The van der Waals surface area contributed by atoms with Gasteiger partial charge in [-0.2, -0.15) is 10.3 Å². The van der Waals surface area contributed by atoms with Crippen LogP contribution in [-0.4, -0.2) is 30.8 Å². The maximum atomic E-state index is 4.22. The number of fused-ring (bicyclic) bond motifs is 1. The molecular weight excluding hydrogens is 194 g/mol. The van der Waals surface area contributed by atoms with Crippen molar-refractivity contribution < 1.29 is 0 Å². The van der Waals surface area contributed by atoms with E-state index >= 15 is 0 Å². The summed E-state index contributed by atoms with van der Waals surface area (Å²) in [4.78, 5) is 0. The minimum absolute atomic E-state index is 0. The average Bonchev–Trinajstić information content (AvgIpc) is 2.84. The first-order valence-electron chi connectivity index (χ1n) is 4.67. The second kappa shape index (κ2) is 3.43. The Morgan fingerprint density at radius 3 is 2.93 bits per heavy atom. The second-order valence-electron chi connectivity index (χ2n) is 3.64. The zero-order valence-electron chi connectivity index (χ0n) is 8.49. The molecule has 0 spiro atoms. The highest BCUT2D eigenvalue weighted by Crippen LogP contribution is 2.35. The first kappa shape index (κ1) is 9.78. The Labute approximate surface area is 86.2 Å². The minimum atomic E-state index is 0. The zero-order valence-corrected chi connectivity index (χ0v) is 8.49. The van der Waals surface area contributed by atoms with E-state index in [2.05, 4.69) is 37.7 Å². The van der Waals surface area contributed by atoms with Crippen LogP contribution >= 0.6 is 0 Å². The van der Waals surface area contributed by atoms with Crippen molar-refractivity contribution in [2.45, 2.75) is 25.7 Å². The number of aromatic nitrogens is 6. The summed E-state index contributed by atoms with van der Waals surface area (Å²) in [6, 6.07) is 0. The molecule has 2 heterocycles. The fourth-order valence-electron chi connectivity index (χ4n) is 1.99. The van der Waals surface area contributed by atoms with E-state index in [4.69, 9.17) is 0 Å². The van der Waals surface area contributed by atoms with E-state index in [9.17, 15) is 0 Å². The Morgan fingerprint density at radius 1 is 1.33 bits per heavy atom. The van der Waals surface area contributed by atoms with E-state index in [0.717, 1.165) is 12.1 Å². The van der Waals surface area contributed by atoms with Gasteiger partial charge in [0.15, 0.2) is 0 Å². The quantitative estimate of drug-likeness (QED) is 0.639. The van der Waals surface area contributed by atoms with E-state index in [1.807, 2.05) is 0 Å². The fraction of sp³-hybridized carbons (Fsp3) is 0.500. The number of hydrogen-bond donors (Lipinski definition) is 3. The molecule has 7 nitrogen and oxygen atoms in total. The SMILES string of the molecule is CC1CCc2c(-c3nn[nH]n3)n[nH]c21.N. The molecule has 80 valence electrons. The van der Waals surface area contributed by atoms with Crippen molar-refractivity contribution >= 4 is 0 Å². The molecule has 2 aromatic heterocycles. The Kier molecular flexibility index (Phi) is 2.24. The van der Waals surface area contributed by atoms with Gasteiger partial charge in [-0.3, -0.25) is 5.10 Å². The zero-order chi connectivity index (χ0) is 9.54. The highest BCUT2D eigenvalue weighted by atomic mass is 15.5. The van der Waals surface area contributed by atoms with Gasteiger partial charge in [0, 0.05) is 11.3 Å². The van der Waals surface area contributed by atoms with Gasteiger partial charge < -0.3 is 6.15 Å². The van der Waals surface area contributed by atoms with Gasteiger partial charge in [-0.05, 0) is 24.0 Å². The molecule has 1 aliphatic rings. The third-order valence-electron chi connectivity index (χ3n) is 2.78. The molecule has 0 aliphatic heterocycles. The number of nitrogens with one attached hydrogen (secondary N) is 2. The third kappa shape index (κ3) is 1.32. The lowest BCUT2D eigenvalue weighted by molar-refractivity contribution is 0.716. The van der Waals surface area contributed by atoms with Gasteiger partial charge in [0.1, 0.15) is 5.69 Å². The standard InChI is InChI=1S/C8H10N6.H3N/c1-4-2-3-5-6(4)9-10-7(5)8-11-13-14-12-8;/h4H,2-3H2,1H3,(H,9,10)(H,11,12,13,14);1H3. The first-order valence-corrected chi connectivity index (χ1v) is 4.67. The molecule has 0 fully saturated rings. The van der Waals surface area contributed by atoms with Crippen LogP contribution in [-0.2, 0) is 6.42 Å². The van der Waals surface area contributed by atoms with Gasteiger partial charge in [0.05, 0.1) is 0 Å². The molecule has 7 heteroatoms. The van der Waals surface area contributed by atoms with E-state index in [1.54, 1.807) is 0 Å². The van der Waals surface area contributed by atoms with Crippen molar-refractivity contribution in [1.29, 1.82) is 0 Å². The molecule has 1 unspecified atom stereocenters. The molecular formula is C8H13N7. The normalized spacial score (nSPS) is 18.6. The summed E-state index contributed by atoms with van der Waals surface area (Å²) in [6.45, 7) is 2.20. The molecule has 1 atom stereocenters. The van der Waals surface area contributed by atoms with Crippen LogP contribution in [0.1, 0.15) is 30.5 Å². The van der Waals surface area contributed by atoms with Gasteiger partial charge in [0.2, 0.25) is 5.82 Å². The number of rotatable bonds is 1. The Balaban J connectivity index is 0.000000853. The second-order valence-corrected chi connectivity index (χ2v) is 3.64. The number of hydrogen-bond acceptors (Lipinski definition) is 5. The van der Waals surface area contributed by atoms with Crippen LogP contribution in [0.25, 0.3) is 11.5 Å². The minimum Gasteiger partial charge on any atom is -0.344 e. The van der Waals surface area contributed by atoms with Crippen molar-refractivity contribution in [3.8, 4) is 11.5 Å². The number of H-pyrrole nitrogens is 2. The molecule has 0 radical (unpaired) electrons. The summed E-state index contributed by atoms with van der Waals surface area (Å²) in [5, 5.41) is 21.1. The molecule has 1 aliphatic carbocycles. The molecule has 0 saturated carbocycles. The first-order chi connectivity index (χ1) is 6.86. The topological polar surface area (TPSA) is 118 Å². The third-order valence-corrected chi connectivity index (χ3v) is 2.78. The van der Waals surface area contributed by atoms with Crippen LogP contribution in [0, 0.1) is 0 Å². The van der Waals surface area contributed by atoms with Gasteiger partial charge in [0.25, 0.3) is 0 Å². The van der Waals surface area contributed by atoms with Crippen molar-refractivity contribution in [3.63, 3.8) is 0 Å². The number of tetrazole rings is 1. The summed E-state index contributed by atoms with van der Waals surface area (Å²) < 4.78 is 0. The molecule has 0 aromatic carbocycles. The largest absolute Gasteiger partial charge is 0.344 e. The van der Waals surface area contributed by atoms with Crippen LogP contribution in [0.5, 0.6) is 0 Å². The summed E-state index contributed by atoms with van der Waals surface area (Å²) in [7, 11) is 0. The average molecular weight is 207 g/mol. The van der Waals surface area contributed by atoms with Crippen LogP contribution in [0.2, 0.25) is 0 Å². The molecule has 0 saturated heterocycles. The predicted molar refractivity (Wildman–Crippen MR) is 53.5 cm³/mol. The van der Waals surface area contributed by atoms with Gasteiger partial charge in [-0.15, -0.1) is 10.2 Å². The lowest BCUT2D eigenvalue weighted by atomic mass is 10.1. The van der Waals surface area contributed by atoms with E-state index in [0.29, 0.717) is 11.7 Å². The van der Waals surface area contributed by atoms with Crippen molar-refractivity contribution in [2.75, 3.05) is 0 Å². The highest BCUT2D eigenvalue weighted by Gasteiger charge is 2.26. The van der Waals surface area contributed by atoms with Crippen LogP contribution in [0.15, 0.2) is 0 Å². The number of aromatic amines is 2. The highest BCUT2D eigenvalue weighted by molar-refractivity contribution is 5.57. The molecule has 0 amide bonds. The summed E-state index contributed by atoms with van der Waals surface area (Å²) in [5.74, 6) is 1.15. The van der Waals surface area contributed by atoms with Crippen molar-refractivity contribution in [1.82, 2.24) is 37.0 Å². The van der Waals surface area contributed by atoms with Crippen LogP contribution < -0.4 is 6.15 Å². The summed E-state index contributed by atoms with van der Waals surface area (Å²) in [5.41, 5.74) is 3.32. The van der Waals surface area contributed by atoms with Crippen molar-refractivity contribution in [3.05, 3.63) is 11.3 Å². The molecule has 15 heavy (non-hydrogen) atoms. The smallest absolute Gasteiger partial charge is 0.225 e. The molecule has 3 rings (SSSR count). The monoisotopic (exact) mass is 207 g/mol. The van der Waals surface area contributed by atoms with Crippen molar-refractivity contribution in [2.24, 2.45) is 0 Å².